The average molecular weight is 588 g/mol. The van der Waals surface area contributed by atoms with Crippen molar-refractivity contribution in [2.24, 2.45) is 4.99 Å². The summed E-state index contributed by atoms with van der Waals surface area (Å²) >= 11 is 3.43. The van der Waals surface area contributed by atoms with Crippen LogP contribution in [-0.4, -0.2) is 66.9 Å². The molecule has 2 aromatic carbocycles. The number of amides is 2. The van der Waals surface area contributed by atoms with Gasteiger partial charge < -0.3 is 26.0 Å². The van der Waals surface area contributed by atoms with Crippen molar-refractivity contribution < 1.29 is 23.5 Å². The van der Waals surface area contributed by atoms with Gasteiger partial charge in [-0.3, -0.25) is 19.5 Å². The van der Waals surface area contributed by atoms with E-state index in [0.717, 1.165) is 15.6 Å². The van der Waals surface area contributed by atoms with Crippen LogP contribution in [0, 0.1) is 6.92 Å². The zero-order chi connectivity index (χ0) is 27.2. The Balaban J connectivity index is 1.44. The van der Waals surface area contributed by atoms with Crippen LogP contribution in [0.15, 0.2) is 46.0 Å². The highest BCUT2D eigenvalue weighted by atomic mass is 79.9. The highest BCUT2D eigenvalue weighted by molar-refractivity contribution is 9.10. The van der Waals surface area contributed by atoms with E-state index in [0.29, 0.717) is 22.5 Å². The zero-order valence-electron chi connectivity index (χ0n) is 20.7. The number of carbonyl (C=O) groups is 3. The van der Waals surface area contributed by atoms with Crippen LogP contribution in [-0.2, 0) is 14.3 Å². The summed E-state index contributed by atoms with van der Waals surface area (Å²) in [4.78, 5) is 41.8. The van der Waals surface area contributed by atoms with Crippen LogP contribution in [0.1, 0.15) is 33.9 Å². The van der Waals surface area contributed by atoms with Gasteiger partial charge >= 0.3 is 5.97 Å². The molecule has 0 spiro atoms. The normalized spacial score (nSPS) is 15.7. The number of nitrogens with zero attached hydrogens (tertiary/aromatic N) is 2. The van der Waals surface area contributed by atoms with Crippen molar-refractivity contribution >= 4 is 56.3 Å². The van der Waals surface area contributed by atoms with E-state index in [9.17, 15) is 18.8 Å². The summed E-state index contributed by atoms with van der Waals surface area (Å²) in [5.74, 6) is -1.07. The van der Waals surface area contributed by atoms with E-state index >= 15 is 0 Å². The van der Waals surface area contributed by atoms with Gasteiger partial charge in [0.2, 0.25) is 5.91 Å². The lowest BCUT2D eigenvalue weighted by Gasteiger charge is -2.20. The molecule has 2 atom stereocenters. The van der Waals surface area contributed by atoms with Crippen molar-refractivity contribution in [1.82, 2.24) is 26.1 Å². The highest BCUT2D eigenvalue weighted by Gasteiger charge is 2.21. The van der Waals surface area contributed by atoms with E-state index in [-0.39, 0.29) is 31.6 Å². The molecule has 38 heavy (non-hydrogen) atoms. The third-order valence-electron chi connectivity index (χ3n) is 5.82. The number of aromatic nitrogens is 2. The number of ether oxygens (including phenoxy) is 1. The number of fused-ring (bicyclic) bond motifs is 1. The minimum atomic E-state index is -1.06. The largest absolute Gasteiger partial charge is 0.469 e. The number of esters is 1. The van der Waals surface area contributed by atoms with Crippen LogP contribution in [0.4, 0.5) is 10.1 Å². The first-order chi connectivity index (χ1) is 18.2. The number of hydrogen-bond donors (Lipinski definition) is 5. The summed E-state index contributed by atoms with van der Waals surface area (Å²) in [5.41, 5.74) is 3.07. The lowest BCUT2D eigenvalue weighted by atomic mass is 10.0. The van der Waals surface area contributed by atoms with Gasteiger partial charge in [-0.25, -0.2) is 9.38 Å². The van der Waals surface area contributed by atoms with Crippen molar-refractivity contribution in [1.29, 1.82) is 0 Å². The lowest BCUT2D eigenvalue weighted by molar-refractivity contribution is -0.141. The number of alkyl halides is 1. The second kappa shape index (κ2) is 12.0. The molecule has 4 rings (SSSR count). The fourth-order valence-electron chi connectivity index (χ4n) is 3.99. The van der Waals surface area contributed by atoms with Gasteiger partial charge in [0.25, 0.3) is 5.91 Å². The van der Waals surface area contributed by atoms with Crippen LogP contribution < -0.4 is 21.3 Å². The summed E-state index contributed by atoms with van der Waals surface area (Å²) in [6.45, 7) is 1.75. The molecule has 200 valence electrons. The van der Waals surface area contributed by atoms with Crippen LogP contribution in [0.25, 0.3) is 10.9 Å². The van der Waals surface area contributed by atoms with E-state index < -0.39 is 30.0 Å². The number of aromatic amines is 1. The molecule has 3 aromatic rings. The number of nitrogens with one attached hydrogen (secondary N) is 5. The van der Waals surface area contributed by atoms with Crippen molar-refractivity contribution in [3.8, 4) is 0 Å². The molecular weight excluding hydrogens is 561 g/mol. The Morgan fingerprint density at radius 2 is 2.05 bits per heavy atom. The number of guanidine groups is 1. The maximum absolute atomic E-state index is 13.4. The van der Waals surface area contributed by atoms with Gasteiger partial charge in [0.1, 0.15) is 6.17 Å². The Morgan fingerprint density at radius 3 is 2.76 bits per heavy atom. The van der Waals surface area contributed by atoms with Gasteiger partial charge in [-0.15, -0.1) is 0 Å². The summed E-state index contributed by atoms with van der Waals surface area (Å²) in [7, 11) is 1.28. The maximum Gasteiger partial charge on any atom is 0.307 e. The first kappa shape index (κ1) is 27.0. The van der Waals surface area contributed by atoms with Crippen LogP contribution >= 0.6 is 15.9 Å². The number of aryl methyl sites for hydroxylation is 1. The number of benzene rings is 2. The molecular formula is C25H27BrFN7O4. The molecule has 1 aromatic heterocycles. The quantitative estimate of drug-likeness (QED) is 0.254. The molecule has 0 radical (unpaired) electrons. The van der Waals surface area contributed by atoms with E-state index in [1.807, 2.05) is 25.1 Å². The minimum absolute atomic E-state index is 0.0373. The molecule has 1 aliphatic rings. The van der Waals surface area contributed by atoms with Crippen molar-refractivity contribution in [3.05, 3.63) is 57.7 Å². The predicted molar refractivity (Wildman–Crippen MR) is 144 cm³/mol. The van der Waals surface area contributed by atoms with Crippen LogP contribution in [0.5, 0.6) is 0 Å². The number of H-pyrrole nitrogens is 1. The second-order valence-electron chi connectivity index (χ2n) is 8.79. The number of aliphatic imine (C=N–C) groups is 1. The van der Waals surface area contributed by atoms with Gasteiger partial charge in [0, 0.05) is 15.4 Å². The Labute approximate surface area is 226 Å². The molecule has 2 heterocycles. The zero-order valence-corrected chi connectivity index (χ0v) is 22.3. The molecule has 1 aliphatic heterocycles. The second-order valence-corrected chi connectivity index (χ2v) is 9.71. The third kappa shape index (κ3) is 6.85. The monoisotopic (exact) mass is 587 g/mol. The van der Waals surface area contributed by atoms with Gasteiger partial charge in [-0.05, 0) is 42.3 Å². The van der Waals surface area contributed by atoms with Crippen molar-refractivity contribution in [2.45, 2.75) is 25.6 Å². The summed E-state index contributed by atoms with van der Waals surface area (Å²) in [5, 5.41) is 18.9. The highest BCUT2D eigenvalue weighted by Crippen LogP contribution is 2.25. The van der Waals surface area contributed by atoms with Crippen molar-refractivity contribution in [3.63, 3.8) is 0 Å². The molecule has 2 amide bonds. The minimum Gasteiger partial charge on any atom is -0.469 e. The molecule has 0 saturated heterocycles. The summed E-state index contributed by atoms with van der Waals surface area (Å²) in [6, 6.07) is 8.15. The molecule has 0 bridgehead atoms. The van der Waals surface area contributed by atoms with Gasteiger partial charge in [-0.1, -0.05) is 22.0 Å². The van der Waals surface area contributed by atoms with Crippen LogP contribution in [0.3, 0.4) is 0 Å². The van der Waals surface area contributed by atoms with E-state index in [1.165, 1.54) is 7.11 Å². The molecule has 1 unspecified atom stereocenters. The number of rotatable bonds is 8. The Morgan fingerprint density at radius 1 is 1.24 bits per heavy atom. The van der Waals surface area contributed by atoms with E-state index in [4.69, 9.17) is 4.74 Å². The SMILES string of the molecule is COC(=O)C[C@H](NC(=O)CNC(=O)c1cc(NC2=NCC(F)CN2)c2cn[nH]c2c1)c1cc(C)cc(Br)c1. The lowest BCUT2D eigenvalue weighted by Crippen LogP contribution is -2.41. The molecule has 0 saturated carbocycles. The van der Waals surface area contributed by atoms with Gasteiger partial charge in [0.15, 0.2) is 5.96 Å². The Kier molecular flexibility index (Phi) is 8.56. The summed E-state index contributed by atoms with van der Waals surface area (Å²) < 4.78 is 19.0. The Bertz CT molecular complexity index is 1370. The van der Waals surface area contributed by atoms with Crippen molar-refractivity contribution in [2.75, 3.05) is 32.1 Å². The summed E-state index contributed by atoms with van der Waals surface area (Å²) in [6.07, 6.45) is 0.468. The fourth-order valence-corrected chi connectivity index (χ4v) is 4.62. The standard InChI is InChI=1S/C25H27BrFN7O4/c1-13-3-14(5-16(26)4-13)19(8-23(36)38-2)32-22(35)12-28-24(37)15-6-20(18-11-31-34-21(18)7-15)33-25-29-9-17(27)10-30-25/h3-7,11,17,19H,8-10,12H2,1-2H3,(H,28,37)(H,31,34)(H,32,35)(H2,29,30,33)/t19-/m0/s1. The first-order valence-corrected chi connectivity index (χ1v) is 12.6. The number of halogens is 2. The fraction of sp³-hybridized carbons (Fsp3) is 0.320. The van der Waals surface area contributed by atoms with E-state index in [1.54, 1.807) is 18.3 Å². The molecule has 11 nitrogen and oxygen atoms in total. The van der Waals surface area contributed by atoms with E-state index in [2.05, 4.69) is 52.4 Å². The number of anilines is 1. The van der Waals surface area contributed by atoms with Gasteiger partial charge in [-0.2, -0.15) is 5.10 Å². The maximum atomic E-state index is 13.4. The average Bonchev–Trinajstić information content (AvgIpc) is 3.36. The van der Waals surface area contributed by atoms with Crippen LogP contribution in [0.2, 0.25) is 0 Å². The predicted octanol–water partition coefficient (Wildman–Crippen LogP) is 2.49. The molecule has 5 N–H and O–H groups in total. The van der Waals surface area contributed by atoms with Gasteiger partial charge in [0.05, 0.1) is 56.6 Å². The third-order valence-corrected chi connectivity index (χ3v) is 6.28. The molecule has 13 heteroatoms. The first-order valence-electron chi connectivity index (χ1n) is 11.8. The number of carbonyl (C=O) groups excluding carboxylic acids is 3. The number of hydrogen-bond acceptors (Lipinski definition) is 8. The topological polar surface area (TPSA) is 150 Å². The molecule has 0 fully saturated rings. The Hall–Kier alpha value is -4.00. The smallest absolute Gasteiger partial charge is 0.307 e. The molecule has 0 aliphatic carbocycles. The number of methoxy groups -OCH3 is 1.